The summed E-state index contributed by atoms with van der Waals surface area (Å²) in [6, 6.07) is 20.5. The monoisotopic (exact) mass is 294 g/mol. The minimum atomic E-state index is 0.142. The van der Waals surface area contributed by atoms with E-state index in [1.807, 2.05) is 36.4 Å². The number of benzene rings is 2. The maximum Gasteiger partial charge on any atom is 0.223 e. The molecule has 2 aromatic rings. The van der Waals surface area contributed by atoms with E-state index in [0.29, 0.717) is 6.54 Å². The van der Waals surface area contributed by atoms with E-state index in [2.05, 4.69) is 34.5 Å². The van der Waals surface area contributed by atoms with E-state index >= 15 is 0 Å². The number of nitrogens with zero attached hydrogens (tertiary/aromatic N) is 1. The van der Waals surface area contributed by atoms with Crippen LogP contribution < -0.4 is 10.2 Å². The van der Waals surface area contributed by atoms with Crippen molar-refractivity contribution >= 4 is 11.6 Å². The Morgan fingerprint density at radius 2 is 1.55 bits per heavy atom. The fourth-order valence-corrected chi connectivity index (χ4v) is 2.97. The summed E-state index contributed by atoms with van der Waals surface area (Å²) in [7, 11) is 0. The number of anilines is 1. The van der Waals surface area contributed by atoms with E-state index in [0.717, 1.165) is 31.5 Å². The third-order valence-corrected chi connectivity index (χ3v) is 4.30. The first kappa shape index (κ1) is 14.6. The number of carbonyl (C=O) groups is 1. The normalized spacial score (nSPS) is 15.5. The second-order valence-corrected chi connectivity index (χ2v) is 5.80. The van der Waals surface area contributed by atoms with Gasteiger partial charge in [0.25, 0.3) is 0 Å². The molecule has 1 N–H and O–H groups in total. The highest BCUT2D eigenvalue weighted by molar-refractivity contribution is 5.79. The molecule has 2 aromatic carbocycles. The predicted octanol–water partition coefficient (Wildman–Crippen LogP) is 3.22. The zero-order valence-electron chi connectivity index (χ0n) is 12.7. The van der Waals surface area contributed by atoms with E-state index in [9.17, 15) is 4.79 Å². The lowest BCUT2D eigenvalue weighted by molar-refractivity contribution is -0.125. The minimum Gasteiger partial charge on any atom is -0.371 e. The van der Waals surface area contributed by atoms with Gasteiger partial charge in [-0.2, -0.15) is 0 Å². The molecule has 1 saturated heterocycles. The molecule has 3 heteroatoms. The lowest BCUT2D eigenvalue weighted by Crippen LogP contribution is -2.40. The van der Waals surface area contributed by atoms with Gasteiger partial charge >= 0.3 is 0 Å². The lowest BCUT2D eigenvalue weighted by Gasteiger charge is -2.33. The fraction of sp³-hybridized carbons (Fsp3) is 0.316. The van der Waals surface area contributed by atoms with Crippen molar-refractivity contribution in [2.75, 3.05) is 18.0 Å². The van der Waals surface area contributed by atoms with Gasteiger partial charge in [-0.1, -0.05) is 48.5 Å². The second kappa shape index (κ2) is 7.12. The molecule has 1 fully saturated rings. The number of para-hydroxylation sites is 1. The van der Waals surface area contributed by atoms with E-state index in [1.165, 1.54) is 5.69 Å². The maximum absolute atomic E-state index is 12.3. The van der Waals surface area contributed by atoms with Crippen LogP contribution in [0.4, 0.5) is 5.69 Å². The smallest absolute Gasteiger partial charge is 0.223 e. The molecule has 0 bridgehead atoms. The molecule has 0 saturated carbocycles. The zero-order valence-corrected chi connectivity index (χ0v) is 12.7. The maximum atomic E-state index is 12.3. The van der Waals surface area contributed by atoms with Crippen LogP contribution in [-0.2, 0) is 11.3 Å². The third-order valence-electron chi connectivity index (χ3n) is 4.30. The van der Waals surface area contributed by atoms with Gasteiger partial charge in [-0.15, -0.1) is 0 Å². The fourth-order valence-electron chi connectivity index (χ4n) is 2.97. The Morgan fingerprint density at radius 3 is 2.18 bits per heavy atom. The van der Waals surface area contributed by atoms with Gasteiger partial charge in [0.15, 0.2) is 0 Å². The lowest BCUT2D eigenvalue weighted by atomic mass is 9.95. The van der Waals surface area contributed by atoms with Crippen LogP contribution in [0.5, 0.6) is 0 Å². The first-order valence-corrected chi connectivity index (χ1v) is 7.94. The number of nitrogens with one attached hydrogen (secondary N) is 1. The van der Waals surface area contributed by atoms with Crippen molar-refractivity contribution in [3.63, 3.8) is 0 Å². The SMILES string of the molecule is O=C(NCc1ccccc1)C1CCN(c2ccccc2)CC1. The van der Waals surface area contributed by atoms with Crippen LogP contribution in [0.1, 0.15) is 18.4 Å². The highest BCUT2D eigenvalue weighted by Gasteiger charge is 2.24. The van der Waals surface area contributed by atoms with Gasteiger partial charge in [0.2, 0.25) is 5.91 Å². The summed E-state index contributed by atoms with van der Waals surface area (Å²) in [4.78, 5) is 14.6. The highest BCUT2D eigenvalue weighted by Crippen LogP contribution is 2.23. The third kappa shape index (κ3) is 3.67. The topological polar surface area (TPSA) is 32.3 Å². The summed E-state index contributed by atoms with van der Waals surface area (Å²) in [5.74, 6) is 0.334. The number of piperidine rings is 1. The van der Waals surface area contributed by atoms with Crippen LogP contribution in [-0.4, -0.2) is 19.0 Å². The number of carbonyl (C=O) groups excluding carboxylic acids is 1. The average Bonchev–Trinajstić information content (AvgIpc) is 2.61. The molecule has 0 atom stereocenters. The molecule has 1 heterocycles. The highest BCUT2D eigenvalue weighted by atomic mass is 16.1. The van der Waals surface area contributed by atoms with Crippen LogP contribution >= 0.6 is 0 Å². The zero-order chi connectivity index (χ0) is 15.2. The summed E-state index contributed by atoms with van der Waals surface area (Å²) in [6.45, 7) is 2.53. The van der Waals surface area contributed by atoms with Crippen LogP contribution in [0.3, 0.4) is 0 Å². The largest absolute Gasteiger partial charge is 0.371 e. The molecule has 0 aromatic heterocycles. The van der Waals surface area contributed by atoms with Crippen LogP contribution in [0, 0.1) is 5.92 Å². The van der Waals surface area contributed by atoms with Crippen molar-refractivity contribution in [2.24, 2.45) is 5.92 Å². The Hall–Kier alpha value is -2.29. The molecule has 0 unspecified atom stereocenters. The van der Waals surface area contributed by atoms with Gasteiger partial charge in [-0.25, -0.2) is 0 Å². The summed E-state index contributed by atoms with van der Waals surface area (Å²) in [6.07, 6.45) is 1.85. The summed E-state index contributed by atoms with van der Waals surface area (Å²) < 4.78 is 0. The molecular weight excluding hydrogens is 272 g/mol. The van der Waals surface area contributed by atoms with Gasteiger partial charge in [0, 0.05) is 31.2 Å². The quantitative estimate of drug-likeness (QED) is 0.939. The van der Waals surface area contributed by atoms with Crippen molar-refractivity contribution < 1.29 is 4.79 Å². The Kier molecular flexibility index (Phi) is 4.74. The Bertz CT molecular complexity index is 589. The molecule has 1 amide bonds. The number of rotatable bonds is 4. The van der Waals surface area contributed by atoms with E-state index in [4.69, 9.17) is 0 Å². The summed E-state index contributed by atoms with van der Waals surface area (Å²) in [5.41, 5.74) is 2.41. The average molecular weight is 294 g/mol. The van der Waals surface area contributed by atoms with Gasteiger partial charge in [-0.3, -0.25) is 4.79 Å². The van der Waals surface area contributed by atoms with Crippen LogP contribution in [0.2, 0.25) is 0 Å². The molecule has 22 heavy (non-hydrogen) atoms. The second-order valence-electron chi connectivity index (χ2n) is 5.80. The Labute approximate surface area is 132 Å². The molecule has 3 nitrogen and oxygen atoms in total. The first-order valence-electron chi connectivity index (χ1n) is 7.94. The van der Waals surface area contributed by atoms with E-state index in [1.54, 1.807) is 0 Å². The molecule has 0 aliphatic carbocycles. The van der Waals surface area contributed by atoms with Crippen molar-refractivity contribution in [1.82, 2.24) is 5.32 Å². The molecule has 3 rings (SSSR count). The van der Waals surface area contributed by atoms with Gasteiger partial charge in [0.05, 0.1) is 0 Å². The molecule has 0 spiro atoms. The first-order chi connectivity index (χ1) is 10.8. The van der Waals surface area contributed by atoms with Crippen LogP contribution in [0.25, 0.3) is 0 Å². The molecule has 114 valence electrons. The summed E-state index contributed by atoms with van der Waals surface area (Å²) >= 11 is 0. The predicted molar refractivity (Wildman–Crippen MR) is 89.7 cm³/mol. The molecule has 0 radical (unpaired) electrons. The standard InChI is InChI=1S/C19H22N2O/c22-19(20-15-16-7-3-1-4-8-16)17-11-13-21(14-12-17)18-9-5-2-6-10-18/h1-10,17H,11-15H2,(H,20,22). The molecule has 1 aliphatic heterocycles. The van der Waals surface area contributed by atoms with Crippen LogP contribution in [0.15, 0.2) is 60.7 Å². The number of hydrogen-bond acceptors (Lipinski definition) is 2. The number of amides is 1. The van der Waals surface area contributed by atoms with Gasteiger partial charge < -0.3 is 10.2 Å². The van der Waals surface area contributed by atoms with Crippen molar-refractivity contribution in [3.8, 4) is 0 Å². The minimum absolute atomic E-state index is 0.142. The van der Waals surface area contributed by atoms with Gasteiger partial charge in [-0.05, 0) is 30.5 Å². The summed E-state index contributed by atoms with van der Waals surface area (Å²) in [5, 5.41) is 3.07. The molecule has 1 aliphatic rings. The Morgan fingerprint density at radius 1 is 0.955 bits per heavy atom. The van der Waals surface area contributed by atoms with Gasteiger partial charge in [0.1, 0.15) is 0 Å². The van der Waals surface area contributed by atoms with Crippen molar-refractivity contribution in [3.05, 3.63) is 66.2 Å². The Balaban J connectivity index is 1.48. The van der Waals surface area contributed by atoms with E-state index < -0.39 is 0 Å². The van der Waals surface area contributed by atoms with Crippen molar-refractivity contribution in [1.29, 1.82) is 0 Å². The number of hydrogen-bond donors (Lipinski definition) is 1. The van der Waals surface area contributed by atoms with E-state index in [-0.39, 0.29) is 11.8 Å². The molecular formula is C19H22N2O. The van der Waals surface area contributed by atoms with Crippen molar-refractivity contribution in [2.45, 2.75) is 19.4 Å².